The minimum atomic E-state index is -0.209. The van der Waals surface area contributed by atoms with Crippen molar-refractivity contribution < 1.29 is 9.21 Å². The number of aryl methyl sites for hydroxylation is 1. The summed E-state index contributed by atoms with van der Waals surface area (Å²) < 4.78 is 7.40. The molecule has 11 heteroatoms. The second kappa shape index (κ2) is 8.26. The summed E-state index contributed by atoms with van der Waals surface area (Å²) in [6.45, 7) is 4.41. The largest absolute Gasteiger partial charge is 0.443 e. The molecule has 33 heavy (non-hydrogen) atoms. The molecular weight excluding hydrogens is 422 g/mol. The number of pyridine rings is 1. The molecule has 5 rings (SSSR count). The summed E-state index contributed by atoms with van der Waals surface area (Å²) in [6.07, 6.45) is 10.1. The number of carbonyl (C=O) groups is 1. The molecule has 0 aliphatic carbocycles. The first-order chi connectivity index (χ1) is 16.0. The average molecular weight is 443 g/mol. The van der Waals surface area contributed by atoms with Gasteiger partial charge in [-0.15, -0.1) is 0 Å². The first-order valence-electron chi connectivity index (χ1n) is 10.4. The lowest BCUT2D eigenvalue weighted by molar-refractivity contribution is 0.0955. The molecule has 0 aliphatic heterocycles. The van der Waals surface area contributed by atoms with E-state index in [4.69, 9.17) is 10.2 Å². The van der Waals surface area contributed by atoms with E-state index in [9.17, 15) is 4.79 Å². The third kappa shape index (κ3) is 3.95. The van der Waals surface area contributed by atoms with Crippen molar-refractivity contribution in [2.45, 2.75) is 26.8 Å². The highest BCUT2D eigenvalue weighted by molar-refractivity contribution is 5.99. The molecule has 0 amide bonds. The van der Waals surface area contributed by atoms with Crippen LogP contribution in [0, 0.1) is 12.8 Å². The van der Waals surface area contributed by atoms with Crippen LogP contribution in [-0.2, 0) is 6.54 Å². The summed E-state index contributed by atoms with van der Waals surface area (Å²) in [4.78, 5) is 32.4. The Morgan fingerprint density at radius 3 is 2.70 bits per heavy atom. The molecule has 5 heterocycles. The Kier molecular flexibility index (Phi) is 5.13. The van der Waals surface area contributed by atoms with Crippen molar-refractivity contribution in [1.29, 1.82) is 0 Å². The summed E-state index contributed by atoms with van der Waals surface area (Å²) in [5.74, 6) is 0.0655. The molecule has 0 fully saturated rings. The summed E-state index contributed by atoms with van der Waals surface area (Å²) in [5.41, 5.74) is 9.59. The SMILES string of the molecule is Cc1cnc2ccc(-c3nc(C(=O)C[C@@H](C)Cn4nccn4)c(N)nc3-c3ncco3)cn12. The van der Waals surface area contributed by atoms with Crippen LogP contribution in [0.1, 0.15) is 29.5 Å². The highest BCUT2D eigenvalue weighted by Gasteiger charge is 2.23. The van der Waals surface area contributed by atoms with Crippen molar-refractivity contribution in [3.05, 3.63) is 60.8 Å². The number of rotatable bonds is 7. The molecular formula is C22H21N9O2. The van der Waals surface area contributed by atoms with E-state index in [1.165, 1.54) is 12.5 Å². The number of hydrogen-bond acceptors (Lipinski definition) is 9. The van der Waals surface area contributed by atoms with E-state index >= 15 is 0 Å². The number of hydrogen-bond donors (Lipinski definition) is 1. The van der Waals surface area contributed by atoms with E-state index < -0.39 is 0 Å². The van der Waals surface area contributed by atoms with E-state index in [-0.39, 0.29) is 35.5 Å². The summed E-state index contributed by atoms with van der Waals surface area (Å²) in [7, 11) is 0. The van der Waals surface area contributed by atoms with Crippen molar-refractivity contribution in [3.8, 4) is 22.8 Å². The van der Waals surface area contributed by atoms with Gasteiger partial charge in [-0.25, -0.2) is 19.9 Å². The van der Waals surface area contributed by atoms with Gasteiger partial charge in [-0.3, -0.25) is 4.79 Å². The van der Waals surface area contributed by atoms with Gasteiger partial charge < -0.3 is 14.6 Å². The molecule has 1 atom stereocenters. The molecule has 0 saturated heterocycles. The number of oxazole rings is 1. The van der Waals surface area contributed by atoms with Crippen LogP contribution in [0.5, 0.6) is 0 Å². The molecule has 0 saturated carbocycles. The van der Waals surface area contributed by atoms with Gasteiger partial charge in [0.25, 0.3) is 0 Å². The van der Waals surface area contributed by atoms with Crippen molar-refractivity contribution in [1.82, 2.24) is 39.3 Å². The van der Waals surface area contributed by atoms with E-state index in [1.54, 1.807) is 23.4 Å². The predicted octanol–water partition coefficient (Wildman–Crippen LogP) is 2.84. The lowest BCUT2D eigenvalue weighted by atomic mass is 10.0. The van der Waals surface area contributed by atoms with E-state index in [0.29, 0.717) is 17.9 Å². The van der Waals surface area contributed by atoms with Crippen LogP contribution in [0.15, 0.2) is 53.8 Å². The second-order valence-corrected chi connectivity index (χ2v) is 7.85. The summed E-state index contributed by atoms with van der Waals surface area (Å²) in [6, 6.07) is 3.75. The van der Waals surface area contributed by atoms with E-state index in [1.807, 2.05) is 36.6 Å². The number of carbonyl (C=O) groups excluding carboxylic acids is 1. The third-order valence-electron chi connectivity index (χ3n) is 5.26. The van der Waals surface area contributed by atoms with Crippen LogP contribution in [0.3, 0.4) is 0 Å². The van der Waals surface area contributed by atoms with Crippen molar-refractivity contribution >= 4 is 17.2 Å². The number of aromatic nitrogens is 8. The Morgan fingerprint density at radius 1 is 1.12 bits per heavy atom. The van der Waals surface area contributed by atoms with Gasteiger partial charge in [-0.05, 0) is 25.0 Å². The minimum Gasteiger partial charge on any atom is -0.443 e. The normalized spacial score (nSPS) is 12.3. The fourth-order valence-corrected chi connectivity index (χ4v) is 3.68. The Morgan fingerprint density at radius 2 is 1.94 bits per heavy atom. The zero-order valence-corrected chi connectivity index (χ0v) is 18.1. The minimum absolute atomic E-state index is 0.0223. The maximum Gasteiger partial charge on any atom is 0.247 e. The van der Waals surface area contributed by atoms with Gasteiger partial charge in [0.15, 0.2) is 17.3 Å². The number of nitrogens with two attached hydrogens (primary N) is 1. The van der Waals surface area contributed by atoms with Crippen LogP contribution in [-0.4, -0.2) is 45.1 Å². The highest BCUT2D eigenvalue weighted by atomic mass is 16.3. The molecule has 0 aliphatic rings. The maximum absolute atomic E-state index is 13.1. The zero-order chi connectivity index (χ0) is 22.9. The number of Topliss-reactive ketones (excluding diaryl/α,β-unsaturated/α-hetero) is 1. The number of nitrogens with zero attached hydrogens (tertiary/aromatic N) is 8. The van der Waals surface area contributed by atoms with Crippen LogP contribution in [0.4, 0.5) is 5.82 Å². The molecule has 166 valence electrons. The number of anilines is 1. The first kappa shape index (κ1) is 20.5. The summed E-state index contributed by atoms with van der Waals surface area (Å²) in [5, 5.41) is 8.18. The topological polar surface area (TPSA) is 143 Å². The molecule has 2 N–H and O–H groups in total. The Bertz CT molecular complexity index is 1420. The fraction of sp³-hybridized carbons (Fsp3) is 0.227. The van der Waals surface area contributed by atoms with Crippen LogP contribution in [0.2, 0.25) is 0 Å². The first-order valence-corrected chi connectivity index (χ1v) is 10.4. The number of nitrogen functional groups attached to an aromatic ring is 1. The number of ketones is 1. The number of fused-ring (bicyclic) bond motifs is 1. The zero-order valence-electron chi connectivity index (χ0n) is 18.1. The monoisotopic (exact) mass is 443 g/mol. The van der Waals surface area contributed by atoms with Crippen LogP contribution in [0.25, 0.3) is 28.5 Å². The van der Waals surface area contributed by atoms with Gasteiger partial charge >= 0.3 is 0 Å². The van der Waals surface area contributed by atoms with Gasteiger partial charge in [0.05, 0.1) is 25.1 Å². The Balaban J connectivity index is 1.55. The van der Waals surface area contributed by atoms with Gasteiger partial charge in [-0.1, -0.05) is 6.92 Å². The lowest BCUT2D eigenvalue weighted by Gasteiger charge is -2.13. The molecule has 0 spiro atoms. The van der Waals surface area contributed by atoms with E-state index in [0.717, 1.165) is 16.9 Å². The van der Waals surface area contributed by atoms with Crippen LogP contribution >= 0.6 is 0 Å². The van der Waals surface area contributed by atoms with Crippen molar-refractivity contribution in [2.75, 3.05) is 5.73 Å². The third-order valence-corrected chi connectivity index (χ3v) is 5.26. The lowest BCUT2D eigenvalue weighted by Crippen LogP contribution is -2.17. The summed E-state index contributed by atoms with van der Waals surface area (Å²) >= 11 is 0. The van der Waals surface area contributed by atoms with Gasteiger partial charge in [0, 0.05) is 30.1 Å². The molecule has 0 radical (unpaired) electrons. The quantitative estimate of drug-likeness (QED) is 0.375. The molecule has 5 aromatic heterocycles. The van der Waals surface area contributed by atoms with Gasteiger partial charge in [-0.2, -0.15) is 15.0 Å². The Hall–Kier alpha value is -4.41. The van der Waals surface area contributed by atoms with Gasteiger partial charge in [0.1, 0.15) is 23.3 Å². The number of imidazole rings is 1. The molecule has 0 aromatic carbocycles. The molecule has 0 bridgehead atoms. The van der Waals surface area contributed by atoms with Crippen molar-refractivity contribution in [2.24, 2.45) is 5.92 Å². The van der Waals surface area contributed by atoms with Crippen molar-refractivity contribution in [3.63, 3.8) is 0 Å². The molecule has 0 unspecified atom stereocenters. The standard InChI is InChI=1S/C22H21N9O2/c1-13(11-31-26-5-6-27-31)9-16(32)19-21(23)29-20(22-24-7-8-33-22)18(28-19)15-3-4-17-25-10-14(2)30(17)12-15/h3-8,10,12-13H,9,11H2,1-2H3,(H2,23,29)/t13-/m1/s1. The van der Waals surface area contributed by atoms with Crippen LogP contribution < -0.4 is 5.73 Å². The Labute approximate surface area is 188 Å². The highest BCUT2D eigenvalue weighted by Crippen LogP contribution is 2.31. The maximum atomic E-state index is 13.1. The second-order valence-electron chi connectivity index (χ2n) is 7.85. The molecule has 11 nitrogen and oxygen atoms in total. The predicted molar refractivity (Wildman–Crippen MR) is 119 cm³/mol. The molecule has 5 aromatic rings. The average Bonchev–Trinajstić information content (AvgIpc) is 3.56. The smallest absolute Gasteiger partial charge is 0.247 e. The van der Waals surface area contributed by atoms with E-state index in [2.05, 4.69) is 30.1 Å². The fourth-order valence-electron chi connectivity index (χ4n) is 3.68. The van der Waals surface area contributed by atoms with Gasteiger partial charge in [0.2, 0.25) is 5.89 Å².